The second-order valence-corrected chi connectivity index (χ2v) is 9.65. The molecule has 0 saturated heterocycles. The normalized spacial score (nSPS) is 12.3. The average molecular weight is 473 g/mol. The van der Waals surface area contributed by atoms with E-state index in [0.717, 1.165) is 22.0 Å². The second-order valence-electron chi connectivity index (χ2n) is 8.73. The van der Waals surface area contributed by atoms with Gasteiger partial charge < -0.3 is 10.2 Å². The SMILES string of the molecule is CCc1ccc(CCC(=O)N(Cc2ccc(Br)cc2)[C@H](C)C(=O)NC(C)(C)C)cc1. The van der Waals surface area contributed by atoms with Gasteiger partial charge in [0, 0.05) is 23.0 Å². The van der Waals surface area contributed by atoms with Crippen LogP contribution in [-0.2, 0) is 29.0 Å². The van der Waals surface area contributed by atoms with E-state index in [-0.39, 0.29) is 17.4 Å². The Morgan fingerprint density at radius 3 is 2.03 bits per heavy atom. The molecule has 2 amide bonds. The Balaban J connectivity index is 2.14. The molecule has 0 saturated carbocycles. The molecule has 0 aromatic heterocycles. The molecule has 0 heterocycles. The van der Waals surface area contributed by atoms with Crippen molar-refractivity contribution in [2.45, 2.75) is 72.0 Å². The van der Waals surface area contributed by atoms with Gasteiger partial charge in [0.2, 0.25) is 11.8 Å². The lowest BCUT2D eigenvalue weighted by atomic mass is 10.0. The molecular formula is C25H33BrN2O2. The lowest BCUT2D eigenvalue weighted by molar-refractivity contribution is -0.141. The predicted molar refractivity (Wildman–Crippen MR) is 126 cm³/mol. The largest absolute Gasteiger partial charge is 0.350 e. The fourth-order valence-corrected chi connectivity index (χ4v) is 3.44. The van der Waals surface area contributed by atoms with Crippen molar-refractivity contribution in [1.82, 2.24) is 10.2 Å². The van der Waals surface area contributed by atoms with Crippen LogP contribution in [0.4, 0.5) is 0 Å². The Hall–Kier alpha value is -2.14. The number of nitrogens with one attached hydrogen (secondary N) is 1. The fourth-order valence-electron chi connectivity index (χ4n) is 3.18. The molecule has 162 valence electrons. The number of hydrogen-bond donors (Lipinski definition) is 1. The van der Waals surface area contributed by atoms with E-state index in [2.05, 4.69) is 52.4 Å². The van der Waals surface area contributed by atoms with Crippen LogP contribution >= 0.6 is 15.9 Å². The molecule has 0 radical (unpaired) electrons. The lowest BCUT2D eigenvalue weighted by Gasteiger charge is -2.31. The summed E-state index contributed by atoms with van der Waals surface area (Å²) in [6.45, 7) is 10.2. The van der Waals surface area contributed by atoms with E-state index in [9.17, 15) is 9.59 Å². The second kappa shape index (κ2) is 10.8. The highest BCUT2D eigenvalue weighted by molar-refractivity contribution is 9.10. The Bertz CT molecular complexity index is 839. The highest BCUT2D eigenvalue weighted by Crippen LogP contribution is 2.17. The van der Waals surface area contributed by atoms with Crippen molar-refractivity contribution in [2.75, 3.05) is 0 Å². The zero-order valence-corrected chi connectivity index (χ0v) is 20.3. The maximum atomic E-state index is 13.2. The minimum Gasteiger partial charge on any atom is -0.350 e. The van der Waals surface area contributed by atoms with Crippen LogP contribution in [0.15, 0.2) is 53.0 Å². The van der Waals surface area contributed by atoms with Gasteiger partial charge in [-0.1, -0.05) is 59.3 Å². The number of benzene rings is 2. The van der Waals surface area contributed by atoms with E-state index >= 15 is 0 Å². The number of carbonyl (C=O) groups excluding carboxylic acids is 2. The number of rotatable bonds is 8. The lowest BCUT2D eigenvalue weighted by Crippen LogP contribution is -2.52. The number of halogens is 1. The van der Waals surface area contributed by atoms with E-state index in [1.54, 1.807) is 11.8 Å². The van der Waals surface area contributed by atoms with Gasteiger partial charge in [-0.05, 0) is 69.4 Å². The van der Waals surface area contributed by atoms with Gasteiger partial charge in [0.1, 0.15) is 6.04 Å². The molecule has 0 aliphatic heterocycles. The number of carbonyl (C=O) groups is 2. The first-order chi connectivity index (χ1) is 14.1. The smallest absolute Gasteiger partial charge is 0.242 e. The van der Waals surface area contributed by atoms with Crippen LogP contribution in [0, 0.1) is 0 Å². The third kappa shape index (κ3) is 7.60. The molecule has 0 unspecified atom stereocenters. The number of amides is 2. The molecule has 2 rings (SSSR count). The van der Waals surface area contributed by atoms with Crippen molar-refractivity contribution < 1.29 is 9.59 Å². The van der Waals surface area contributed by atoms with Gasteiger partial charge in [-0.25, -0.2) is 0 Å². The zero-order valence-electron chi connectivity index (χ0n) is 18.7. The van der Waals surface area contributed by atoms with Gasteiger partial charge in [-0.15, -0.1) is 0 Å². The fraction of sp³-hybridized carbons (Fsp3) is 0.440. The molecule has 0 fully saturated rings. The van der Waals surface area contributed by atoms with Crippen LogP contribution < -0.4 is 5.32 Å². The maximum absolute atomic E-state index is 13.2. The summed E-state index contributed by atoms with van der Waals surface area (Å²) in [7, 11) is 0. The minimum absolute atomic E-state index is 0.0194. The predicted octanol–water partition coefficient (Wildman–Crippen LogP) is 5.28. The van der Waals surface area contributed by atoms with Crippen molar-refractivity contribution in [3.8, 4) is 0 Å². The highest BCUT2D eigenvalue weighted by atomic mass is 79.9. The van der Waals surface area contributed by atoms with Crippen LogP contribution in [0.2, 0.25) is 0 Å². The number of nitrogens with zero attached hydrogens (tertiary/aromatic N) is 1. The van der Waals surface area contributed by atoms with Crippen molar-refractivity contribution >= 4 is 27.7 Å². The molecule has 2 aromatic rings. The van der Waals surface area contributed by atoms with E-state index in [1.165, 1.54) is 5.56 Å². The standard InChI is InChI=1S/C25H33BrN2O2/c1-6-19-7-9-20(10-8-19)13-16-23(29)28(17-21-11-14-22(26)15-12-21)18(2)24(30)27-25(3,4)5/h7-12,14-15,18H,6,13,16-17H2,1-5H3,(H,27,30)/t18-/m1/s1. The van der Waals surface area contributed by atoms with Gasteiger partial charge in [-0.2, -0.15) is 0 Å². The van der Waals surface area contributed by atoms with Gasteiger partial charge in [-0.3, -0.25) is 9.59 Å². The molecule has 2 aromatic carbocycles. The quantitative estimate of drug-likeness (QED) is 0.568. The monoisotopic (exact) mass is 472 g/mol. The Morgan fingerprint density at radius 1 is 0.967 bits per heavy atom. The van der Waals surface area contributed by atoms with E-state index < -0.39 is 6.04 Å². The molecule has 0 aliphatic carbocycles. The van der Waals surface area contributed by atoms with Gasteiger partial charge >= 0.3 is 0 Å². The van der Waals surface area contributed by atoms with Crippen LogP contribution in [0.5, 0.6) is 0 Å². The van der Waals surface area contributed by atoms with E-state index in [1.807, 2.05) is 45.0 Å². The molecule has 30 heavy (non-hydrogen) atoms. The van der Waals surface area contributed by atoms with Crippen molar-refractivity contribution in [1.29, 1.82) is 0 Å². The summed E-state index contributed by atoms with van der Waals surface area (Å²) in [5.74, 6) is -0.158. The Morgan fingerprint density at radius 2 is 1.50 bits per heavy atom. The average Bonchev–Trinajstić information content (AvgIpc) is 2.70. The summed E-state index contributed by atoms with van der Waals surface area (Å²) in [5.41, 5.74) is 3.07. The zero-order chi connectivity index (χ0) is 22.3. The third-order valence-corrected chi connectivity index (χ3v) is 5.52. The molecule has 1 atom stereocenters. The summed E-state index contributed by atoms with van der Waals surface area (Å²) < 4.78 is 0.984. The molecule has 4 nitrogen and oxygen atoms in total. The van der Waals surface area contributed by atoms with Crippen molar-refractivity contribution in [2.24, 2.45) is 0 Å². The van der Waals surface area contributed by atoms with Crippen molar-refractivity contribution in [3.05, 3.63) is 69.7 Å². The third-order valence-electron chi connectivity index (χ3n) is 4.99. The summed E-state index contributed by atoms with van der Waals surface area (Å²) in [5, 5.41) is 3.00. The summed E-state index contributed by atoms with van der Waals surface area (Å²) in [6, 6.07) is 15.7. The van der Waals surface area contributed by atoms with Gasteiger partial charge in [0.05, 0.1) is 0 Å². The molecule has 0 bridgehead atoms. The molecule has 0 aliphatic rings. The van der Waals surface area contributed by atoms with Gasteiger partial charge in [0.25, 0.3) is 0 Å². The minimum atomic E-state index is -0.553. The van der Waals surface area contributed by atoms with Crippen molar-refractivity contribution in [3.63, 3.8) is 0 Å². The highest BCUT2D eigenvalue weighted by Gasteiger charge is 2.28. The van der Waals surface area contributed by atoms with Crippen LogP contribution in [0.1, 0.15) is 57.7 Å². The summed E-state index contributed by atoms with van der Waals surface area (Å²) in [6.07, 6.45) is 2.03. The first-order valence-electron chi connectivity index (χ1n) is 10.5. The van der Waals surface area contributed by atoms with E-state index in [0.29, 0.717) is 19.4 Å². The van der Waals surface area contributed by atoms with Crippen LogP contribution in [-0.4, -0.2) is 28.3 Å². The van der Waals surface area contributed by atoms with Crippen LogP contribution in [0.25, 0.3) is 0 Å². The van der Waals surface area contributed by atoms with Gasteiger partial charge in [0.15, 0.2) is 0 Å². The topological polar surface area (TPSA) is 49.4 Å². The first kappa shape index (κ1) is 24.1. The Labute approximate surface area is 189 Å². The number of aryl methyl sites for hydroxylation is 2. The molecule has 5 heteroatoms. The summed E-state index contributed by atoms with van der Waals surface area (Å²) >= 11 is 3.44. The number of hydrogen-bond acceptors (Lipinski definition) is 2. The van der Waals surface area contributed by atoms with E-state index in [4.69, 9.17) is 0 Å². The maximum Gasteiger partial charge on any atom is 0.242 e. The first-order valence-corrected chi connectivity index (χ1v) is 11.3. The Kier molecular flexibility index (Phi) is 8.65. The summed E-state index contributed by atoms with van der Waals surface area (Å²) in [4.78, 5) is 27.6. The van der Waals surface area contributed by atoms with Crippen LogP contribution in [0.3, 0.4) is 0 Å². The molecular weight excluding hydrogens is 440 g/mol. The molecule has 0 spiro atoms. The molecule has 1 N–H and O–H groups in total.